The monoisotopic (exact) mass is 345 g/mol. The minimum atomic E-state index is 0.0966. The Morgan fingerprint density at radius 2 is 1.81 bits per heavy atom. The van der Waals surface area contributed by atoms with E-state index in [1.54, 1.807) is 6.26 Å². The lowest BCUT2D eigenvalue weighted by atomic mass is 10.0. The van der Waals surface area contributed by atoms with E-state index < -0.39 is 0 Å². The number of nitrogens with two attached hydrogens (primary N) is 1. The Balaban J connectivity index is 1.67. The molecule has 1 atom stereocenters. The van der Waals surface area contributed by atoms with Crippen LogP contribution in [0.4, 0.5) is 0 Å². The minimum Gasteiger partial charge on any atom is -0.463 e. The van der Waals surface area contributed by atoms with Gasteiger partial charge in [-0.1, -0.05) is 48.5 Å². The highest BCUT2D eigenvalue weighted by molar-refractivity contribution is 6.13. The molecule has 0 aliphatic heterocycles. The van der Waals surface area contributed by atoms with Crippen LogP contribution in [-0.4, -0.2) is 17.3 Å². The molecule has 0 aliphatic rings. The van der Waals surface area contributed by atoms with Crippen LogP contribution in [0.5, 0.6) is 0 Å². The number of fused-ring (bicyclic) bond motifs is 1. The van der Waals surface area contributed by atoms with E-state index in [-0.39, 0.29) is 11.8 Å². The molecule has 0 unspecified atom stereocenters. The van der Waals surface area contributed by atoms with Gasteiger partial charge >= 0.3 is 0 Å². The third-order valence-electron chi connectivity index (χ3n) is 4.70. The number of para-hydroxylation sites is 1. The Kier molecular flexibility index (Phi) is 4.42. The Morgan fingerprint density at radius 3 is 2.58 bits per heavy atom. The predicted molar refractivity (Wildman–Crippen MR) is 102 cm³/mol. The molecule has 4 nitrogen and oxygen atoms in total. The van der Waals surface area contributed by atoms with E-state index in [9.17, 15) is 4.79 Å². The van der Waals surface area contributed by atoms with Crippen LogP contribution in [0.1, 0.15) is 29.1 Å². The van der Waals surface area contributed by atoms with Crippen LogP contribution >= 0.6 is 0 Å². The first-order chi connectivity index (χ1) is 12.7. The average Bonchev–Trinajstić information content (AvgIpc) is 3.34. The highest BCUT2D eigenvalue weighted by Gasteiger charge is 2.22. The molecule has 4 rings (SSSR count). The van der Waals surface area contributed by atoms with Gasteiger partial charge in [-0.25, -0.2) is 0 Å². The molecule has 0 radical (unpaired) electrons. The normalized spacial score (nSPS) is 12.3. The number of hydrogen-bond donors (Lipinski definition) is 2. The zero-order valence-electron chi connectivity index (χ0n) is 14.6. The van der Waals surface area contributed by atoms with Crippen LogP contribution in [0.25, 0.3) is 22.2 Å². The number of hydrogen-bond acceptors (Lipinski definition) is 2. The SMILES string of the molecule is C[C@H]([NH2+]CC(=O)c1c(-c2ccccc2)[nH]c2ccccc12)c1ccco1. The minimum absolute atomic E-state index is 0.0966. The van der Waals surface area contributed by atoms with Crippen LogP contribution in [0.2, 0.25) is 0 Å². The summed E-state index contributed by atoms with van der Waals surface area (Å²) in [7, 11) is 0. The van der Waals surface area contributed by atoms with E-state index in [1.807, 2.05) is 79.0 Å². The predicted octanol–water partition coefficient (Wildman–Crippen LogP) is 3.94. The van der Waals surface area contributed by atoms with E-state index in [0.29, 0.717) is 6.54 Å². The first kappa shape index (κ1) is 16.4. The molecule has 2 aromatic heterocycles. The van der Waals surface area contributed by atoms with Gasteiger partial charge in [0.1, 0.15) is 12.6 Å². The van der Waals surface area contributed by atoms with Crippen molar-refractivity contribution in [2.75, 3.05) is 6.54 Å². The fraction of sp³-hybridized carbons (Fsp3) is 0.136. The topological polar surface area (TPSA) is 62.6 Å². The van der Waals surface area contributed by atoms with Crippen molar-refractivity contribution in [3.8, 4) is 11.3 Å². The lowest BCUT2D eigenvalue weighted by Gasteiger charge is -2.08. The van der Waals surface area contributed by atoms with Crippen molar-refractivity contribution in [2.24, 2.45) is 0 Å². The molecule has 0 spiro atoms. The van der Waals surface area contributed by atoms with Gasteiger partial charge in [-0.05, 0) is 30.7 Å². The van der Waals surface area contributed by atoms with Gasteiger partial charge < -0.3 is 14.7 Å². The van der Waals surface area contributed by atoms with Crippen molar-refractivity contribution in [2.45, 2.75) is 13.0 Å². The number of ketones is 1. The molecule has 26 heavy (non-hydrogen) atoms. The molecular formula is C22H21N2O2+. The van der Waals surface area contributed by atoms with Gasteiger partial charge in [0, 0.05) is 10.9 Å². The molecule has 0 saturated heterocycles. The standard InChI is InChI=1S/C22H20N2O2/c1-15(20-12-7-13-26-20)23-14-19(25)21-17-10-5-6-11-18(17)24-22(21)16-8-3-2-4-9-16/h2-13,15,23-24H,14H2,1H3/p+1/t15-/m0/s1. The van der Waals surface area contributed by atoms with Gasteiger partial charge in [-0.15, -0.1) is 0 Å². The van der Waals surface area contributed by atoms with Crippen LogP contribution in [0.15, 0.2) is 77.4 Å². The molecule has 0 amide bonds. The van der Waals surface area contributed by atoms with Gasteiger partial charge in [-0.3, -0.25) is 4.79 Å². The zero-order chi connectivity index (χ0) is 17.9. The van der Waals surface area contributed by atoms with Crippen molar-refractivity contribution in [1.29, 1.82) is 0 Å². The quantitative estimate of drug-likeness (QED) is 0.520. The number of furan rings is 1. The fourth-order valence-electron chi connectivity index (χ4n) is 3.31. The van der Waals surface area contributed by atoms with E-state index in [4.69, 9.17) is 4.42 Å². The largest absolute Gasteiger partial charge is 0.463 e. The number of nitrogens with one attached hydrogen (secondary N) is 1. The van der Waals surface area contributed by atoms with Gasteiger partial charge in [0.25, 0.3) is 0 Å². The lowest BCUT2D eigenvalue weighted by molar-refractivity contribution is -0.683. The second kappa shape index (κ2) is 7.02. The smallest absolute Gasteiger partial charge is 0.219 e. The first-order valence-corrected chi connectivity index (χ1v) is 8.80. The maximum Gasteiger partial charge on any atom is 0.219 e. The Hall–Kier alpha value is -3.11. The van der Waals surface area contributed by atoms with Crippen molar-refractivity contribution in [3.63, 3.8) is 0 Å². The number of carbonyl (C=O) groups excluding carboxylic acids is 1. The summed E-state index contributed by atoms with van der Waals surface area (Å²) >= 11 is 0. The first-order valence-electron chi connectivity index (χ1n) is 8.80. The maximum atomic E-state index is 13.1. The molecule has 0 bridgehead atoms. The Morgan fingerprint density at radius 1 is 1.04 bits per heavy atom. The second-order valence-corrected chi connectivity index (χ2v) is 6.45. The van der Waals surface area contributed by atoms with Crippen LogP contribution < -0.4 is 5.32 Å². The van der Waals surface area contributed by atoms with E-state index in [0.717, 1.165) is 33.5 Å². The zero-order valence-corrected chi connectivity index (χ0v) is 14.6. The summed E-state index contributed by atoms with van der Waals surface area (Å²) in [4.78, 5) is 16.5. The molecule has 0 saturated carbocycles. The molecule has 3 N–H and O–H groups in total. The highest BCUT2D eigenvalue weighted by Crippen LogP contribution is 2.30. The third-order valence-corrected chi connectivity index (χ3v) is 4.70. The molecule has 0 aliphatic carbocycles. The fourth-order valence-corrected chi connectivity index (χ4v) is 3.31. The molecular weight excluding hydrogens is 324 g/mol. The van der Waals surface area contributed by atoms with Crippen molar-refractivity contribution < 1.29 is 14.5 Å². The number of rotatable bonds is 6. The molecule has 130 valence electrons. The van der Waals surface area contributed by atoms with E-state index in [2.05, 4.69) is 4.98 Å². The van der Waals surface area contributed by atoms with E-state index >= 15 is 0 Å². The van der Waals surface area contributed by atoms with Crippen LogP contribution in [0, 0.1) is 0 Å². The maximum absolute atomic E-state index is 13.1. The van der Waals surface area contributed by atoms with Crippen molar-refractivity contribution >= 4 is 16.7 Å². The molecule has 2 aromatic carbocycles. The number of carbonyl (C=O) groups is 1. The average molecular weight is 345 g/mol. The highest BCUT2D eigenvalue weighted by atomic mass is 16.3. The molecule has 2 heterocycles. The summed E-state index contributed by atoms with van der Waals surface area (Å²) < 4.78 is 5.43. The summed E-state index contributed by atoms with van der Waals surface area (Å²) in [5.74, 6) is 0.986. The summed E-state index contributed by atoms with van der Waals surface area (Å²) in [5.41, 5.74) is 3.64. The Labute approximate surface area is 151 Å². The number of Topliss-reactive ketones (excluding diaryl/α,β-unsaturated/α-hetero) is 1. The molecule has 4 heteroatoms. The second-order valence-electron chi connectivity index (χ2n) is 6.45. The van der Waals surface area contributed by atoms with Gasteiger partial charge in [0.15, 0.2) is 5.76 Å². The number of benzene rings is 2. The third kappa shape index (κ3) is 3.07. The Bertz CT molecular complexity index is 1020. The van der Waals surface area contributed by atoms with Gasteiger partial charge in [0.2, 0.25) is 5.78 Å². The summed E-state index contributed by atoms with van der Waals surface area (Å²) in [5, 5.41) is 2.98. The summed E-state index contributed by atoms with van der Waals surface area (Å²) in [6.45, 7) is 2.41. The van der Waals surface area contributed by atoms with Crippen LogP contribution in [0.3, 0.4) is 0 Å². The summed E-state index contributed by atoms with van der Waals surface area (Å²) in [6.07, 6.45) is 1.66. The lowest BCUT2D eigenvalue weighted by Crippen LogP contribution is -2.86. The van der Waals surface area contributed by atoms with E-state index in [1.165, 1.54) is 0 Å². The van der Waals surface area contributed by atoms with Crippen LogP contribution in [-0.2, 0) is 0 Å². The summed E-state index contributed by atoms with van der Waals surface area (Å²) in [6, 6.07) is 21.9. The number of aromatic amines is 1. The van der Waals surface area contributed by atoms with Crippen molar-refractivity contribution in [1.82, 2.24) is 4.98 Å². The van der Waals surface area contributed by atoms with Gasteiger partial charge in [-0.2, -0.15) is 0 Å². The van der Waals surface area contributed by atoms with Crippen molar-refractivity contribution in [3.05, 3.63) is 84.3 Å². The molecule has 0 fully saturated rings. The number of H-pyrrole nitrogens is 1. The van der Waals surface area contributed by atoms with Gasteiger partial charge in [0.05, 0.1) is 17.5 Å². The molecule has 4 aromatic rings. The number of aromatic nitrogens is 1. The number of quaternary nitrogens is 1.